The zero-order valence-electron chi connectivity index (χ0n) is 11.2. The third-order valence-electron chi connectivity index (χ3n) is 2.15. The number of nitrogens with one attached hydrogen (secondary N) is 1. The van der Waals surface area contributed by atoms with Crippen LogP contribution in [0.2, 0.25) is 0 Å². The highest BCUT2D eigenvalue weighted by molar-refractivity contribution is 7.80. The van der Waals surface area contributed by atoms with Crippen LogP contribution in [0, 0.1) is 0 Å². The second kappa shape index (κ2) is 8.87. The number of nitrogens with two attached hydrogens (primary N) is 1. The molecule has 0 spiro atoms. The van der Waals surface area contributed by atoms with E-state index < -0.39 is 0 Å². The van der Waals surface area contributed by atoms with Crippen LogP contribution in [0.15, 0.2) is 29.4 Å². The first-order valence-corrected chi connectivity index (χ1v) is 6.49. The quantitative estimate of drug-likeness (QED) is 0.340. The highest BCUT2D eigenvalue weighted by atomic mass is 32.1. The van der Waals surface area contributed by atoms with Gasteiger partial charge in [0.25, 0.3) is 0 Å². The van der Waals surface area contributed by atoms with E-state index in [1.807, 2.05) is 12.1 Å². The minimum Gasteiger partial charge on any atom is -0.493 e. The van der Waals surface area contributed by atoms with Gasteiger partial charge in [-0.1, -0.05) is 0 Å². The van der Waals surface area contributed by atoms with E-state index in [0.29, 0.717) is 12.4 Å². The van der Waals surface area contributed by atoms with Crippen molar-refractivity contribution in [3.63, 3.8) is 0 Å². The maximum atomic E-state index is 11.1. The molecule has 7 heteroatoms. The first-order valence-electron chi connectivity index (χ1n) is 6.09. The van der Waals surface area contributed by atoms with Crippen molar-refractivity contribution in [3.05, 3.63) is 29.8 Å². The van der Waals surface area contributed by atoms with E-state index in [1.54, 1.807) is 25.3 Å². The molecular formula is C13H17N3O3S. The molecule has 1 aromatic carbocycles. The molecule has 0 aliphatic carbocycles. The Morgan fingerprint density at radius 2 is 2.15 bits per heavy atom. The monoisotopic (exact) mass is 295 g/mol. The van der Waals surface area contributed by atoms with Gasteiger partial charge in [0.15, 0.2) is 5.11 Å². The molecular weight excluding hydrogens is 278 g/mol. The average molecular weight is 295 g/mol. The second-order valence-electron chi connectivity index (χ2n) is 3.71. The van der Waals surface area contributed by atoms with Gasteiger partial charge >= 0.3 is 5.97 Å². The highest BCUT2D eigenvalue weighted by Crippen LogP contribution is 2.11. The Balaban J connectivity index is 2.37. The number of benzene rings is 1. The molecule has 0 bridgehead atoms. The second-order valence-corrected chi connectivity index (χ2v) is 4.15. The normalized spacial score (nSPS) is 10.2. The highest BCUT2D eigenvalue weighted by Gasteiger charge is 2.01. The van der Waals surface area contributed by atoms with Gasteiger partial charge in [-0.2, -0.15) is 5.10 Å². The molecule has 3 N–H and O–H groups in total. The lowest BCUT2D eigenvalue weighted by atomic mass is 10.2. The van der Waals surface area contributed by atoms with Crippen molar-refractivity contribution in [2.24, 2.45) is 10.8 Å². The lowest BCUT2D eigenvalue weighted by molar-refractivity contribution is -0.143. The summed E-state index contributed by atoms with van der Waals surface area (Å²) in [5.74, 6) is 0.411. The van der Waals surface area contributed by atoms with Crippen molar-refractivity contribution in [1.82, 2.24) is 5.43 Å². The summed E-state index contributed by atoms with van der Waals surface area (Å²) < 4.78 is 10.2. The SMILES string of the molecule is CCOC(=O)CCOc1ccc(C=NNC(N)=S)cc1. The molecule has 0 saturated heterocycles. The molecule has 20 heavy (non-hydrogen) atoms. The molecule has 1 aromatic rings. The van der Waals surface area contributed by atoms with E-state index in [0.717, 1.165) is 5.56 Å². The van der Waals surface area contributed by atoms with Gasteiger partial charge in [0.2, 0.25) is 0 Å². The Bertz CT molecular complexity index is 474. The molecule has 0 aliphatic rings. The zero-order valence-corrected chi connectivity index (χ0v) is 12.0. The van der Waals surface area contributed by atoms with E-state index >= 15 is 0 Å². The van der Waals surface area contributed by atoms with Crippen molar-refractivity contribution >= 4 is 29.5 Å². The van der Waals surface area contributed by atoms with E-state index in [-0.39, 0.29) is 24.1 Å². The number of nitrogens with zero attached hydrogens (tertiary/aromatic N) is 1. The molecule has 0 amide bonds. The largest absolute Gasteiger partial charge is 0.493 e. The zero-order chi connectivity index (χ0) is 14.8. The Morgan fingerprint density at radius 3 is 2.75 bits per heavy atom. The van der Waals surface area contributed by atoms with Gasteiger partial charge in [-0.15, -0.1) is 0 Å². The number of ether oxygens (including phenoxy) is 2. The van der Waals surface area contributed by atoms with E-state index in [1.165, 1.54) is 0 Å². The molecule has 1 rings (SSSR count). The number of thiocarbonyl (C=S) groups is 1. The molecule has 0 fully saturated rings. The molecule has 0 radical (unpaired) electrons. The van der Waals surface area contributed by atoms with E-state index in [4.69, 9.17) is 15.2 Å². The summed E-state index contributed by atoms with van der Waals surface area (Å²) >= 11 is 4.61. The maximum Gasteiger partial charge on any atom is 0.309 e. The number of hydrazone groups is 1. The molecule has 6 nitrogen and oxygen atoms in total. The lowest BCUT2D eigenvalue weighted by Gasteiger charge is -2.06. The molecule has 0 heterocycles. The predicted octanol–water partition coefficient (Wildman–Crippen LogP) is 1.19. The third kappa shape index (κ3) is 6.69. The third-order valence-corrected chi connectivity index (χ3v) is 2.24. The average Bonchev–Trinajstić information content (AvgIpc) is 2.40. The van der Waals surface area contributed by atoms with E-state index in [9.17, 15) is 4.79 Å². The minimum atomic E-state index is -0.264. The Labute approximate surface area is 122 Å². The number of rotatable bonds is 7. The van der Waals surface area contributed by atoms with Crippen LogP contribution in [0.4, 0.5) is 0 Å². The van der Waals surface area contributed by atoms with Crippen LogP contribution < -0.4 is 15.9 Å². The molecule has 0 unspecified atom stereocenters. The van der Waals surface area contributed by atoms with Crippen molar-refractivity contribution in [2.45, 2.75) is 13.3 Å². The standard InChI is InChI=1S/C13H17N3O3S/c1-2-18-12(17)7-8-19-11-5-3-10(4-6-11)9-15-16-13(14)20/h3-6,9H,2,7-8H2,1H3,(H3,14,16,20). The lowest BCUT2D eigenvalue weighted by Crippen LogP contribution is -2.23. The fraction of sp³-hybridized carbons (Fsp3) is 0.308. The van der Waals surface area contributed by atoms with Crippen LogP contribution in [0.1, 0.15) is 18.9 Å². The molecule has 0 aromatic heterocycles. The van der Waals surface area contributed by atoms with Crippen LogP contribution in [-0.4, -0.2) is 30.5 Å². The van der Waals surface area contributed by atoms with Crippen molar-refractivity contribution in [2.75, 3.05) is 13.2 Å². The summed E-state index contributed by atoms with van der Waals surface area (Å²) in [7, 11) is 0. The Hall–Kier alpha value is -2.15. The molecule has 0 aliphatic heterocycles. The summed E-state index contributed by atoms with van der Waals surface area (Å²) in [5, 5.41) is 3.94. The fourth-order valence-corrected chi connectivity index (χ4v) is 1.36. The fourth-order valence-electron chi connectivity index (χ4n) is 1.31. The number of hydrogen-bond acceptors (Lipinski definition) is 5. The van der Waals surface area contributed by atoms with Gasteiger partial charge in [-0.25, -0.2) is 0 Å². The Kier molecular flexibility index (Phi) is 7.05. The van der Waals surface area contributed by atoms with Crippen molar-refractivity contribution in [1.29, 1.82) is 0 Å². The first kappa shape index (κ1) is 15.9. The molecule has 108 valence electrons. The summed E-state index contributed by atoms with van der Waals surface area (Å²) in [6.45, 7) is 2.44. The topological polar surface area (TPSA) is 85.9 Å². The minimum absolute atomic E-state index is 0.111. The van der Waals surface area contributed by atoms with Gasteiger partial charge < -0.3 is 15.2 Å². The van der Waals surface area contributed by atoms with Gasteiger partial charge in [0.1, 0.15) is 5.75 Å². The Morgan fingerprint density at radius 1 is 1.45 bits per heavy atom. The van der Waals surface area contributed by atoms with Crippen LogP contribution in [0.3, 0.4) is 0 Å². The van der Waals surface area contributed by atoms with Gasteiger partial charge in [-0.3, -0.25) is 10.2 Å². The molecule has 0 saturated carbocycles. The summed E-state index contributed by atoms with van der Waals surface area (Å²) in [6, 6.07) is 7.22. The van der Waals surface area contributed by atoms with Gasteiger partial charge in [0.05, 0.1) is 25.8 Å². The van der Waals surface area contributed by atoms with Crippen molar-refractivity contribution in [3.8, 4) is 5.75 Å². The van der Waals surface area contributed by atoms with Gasteiger partial charge in [-0.05, 0) is 49.0 Å². The van der Waals surface area contributed by atoms with Crippen LogP contribution in [0.5, 0.6) is 5.75 Å². The van der Waals surface area contributed by atoms with Crippen LogP contribution >= 0.6 is 12.2 Å². The number of carbonyl (C=O) groups excluding carboxylic acids is 1. The van der Waals surface area contributed by atoms with Crippen molar-refractivity contribution < 1.29 is 14.3 Å². The number of esters is 1. The summed E-state index contributed by atoms with van der Waals surface area (Å²) in [6.07, 6.45) is 1.82. The van der Waals surface area contributed by atoms with Crippen LogP contribution in [-0.2, 0) is 9.53 Å². The number of hydrogen-bond donors (Lipinski definition) is 2. The predicted molar refractivity (Wildman–Crippen MR) is 80.7 cm³/mol. The van der Waals surface area contributed by atoms with E-state index in [2.05, 4.69) is 22.7 Å². The van der Waals surface area contributed by atoms with Gasteiger partial charge in [0, 0.05) is 0 Å². The first-order chi connectivity index (χ1) is 9.61. The summed E-state index contributed by atoms with van der Waals surface area (Å²) in [5.41, 5.74) is 8.56. The van der Waals surface area contributed by atoms with Crippen LogP contribution in [0.25, 0.3) is 0 Å². The molecule has 0 atom stereocenters. The summed E-state index contributed by atoms with van der Waals surface area (Å²) in [4.78, 5) is 11.1. The smallest absolute Gasteiger partial charge is 0.309 e. The maximum absolute atomic E-state index is 11.1. The number of carbonyl (C=O) groups is 1.